The number of nitrogens with one attached hydrogen (secondary N) is 1. The topological polar surface area (TPSA) is 18.5 Å². The molecule has 14 heavy (non-hydrogen) atoms. The maximum absolute atomic E-state index is 3.39. The van der Waals surface area contributed by atoms with Crippen molar-refractivity contribution in [3.05, 3.63) is 0 Å². The SMILES string of the molecule is CNC[Si](N(C)C)(N(C)C)[Si](C)(C)C. The van der Waals surface area contributed by atoms with Crippen LogP contribution in [0, 0.1) is 0 Å². The van der Waals surface area contributed by atoms with Gasteiger partial charge in [-0.05, 0) is 35.2 Å². The van der Waals surface area contributed by atoms with Crippen molar-refractivity contribution in [2.45, 2.75) is 19.6 Å². The van der Waals surface area contributed by atoms with Gasteiger partial charge in [0.1, 0.15) is 0 Å². The van der Waals surface area contributed by atoms with E-state index in [1.807, 2.05) is 0 Å². The van der Waals surface area contributed by atoms with E-state index < -0.39 is 15.5 Å². The highest BCUT2D eigenvalue weighted by molar-refractivity contribution is 7.38. The molecule has 0 bridgehead atoms. The quantitative estimate of drug-likeness (QED) is 0.706. The fourth-order valence-corrected chi connectivity index (χ4v) is 17.9. The van der Waals surface area contributed by atoms with Crippen molar-refractivity contribution in [3.63, 3.8) is 0 Å². The summed E-state index contributed by atoms with van der Waals surface area (Å²) in [7, 11) is 8.40. The molecule has 0 aliphatic carbocycles. The highest BCUT2D eigenvalue weighted by Crippen LogP contribution is 2.22. The summed E-state index contributed by atoms with van der Waals surface area (Å²) in [6, 6.07) is 0. The largest absolute Gasteiger partial charge is 0.320 e. The average molecular weight is 234 g/mol. The van der Waals surface area contributed by atoms with E-state index in [4.69, 9.17) is 0 Å². The molecule has 0 fully saturated rings. The normalized spacial score (nSPS) is 14.1. The van der Waals surface area contributed by atoms with Crippen LogP contribution in [0.2, 0.25) is 19.6 Å². The summed E-state index contributed by atoms with van der Waals surface area (Å²) in [5.74, 6) is 0. The van der Waals surface area contributed by atoms with Gasteiger partial charge in [-0.25, -0.2) is 0 Å². The molecule has 0 aliphatic rings. The molecule has 0 heterocycles. The van der Waals surface area contributed by atoms with Crippen LogP contribution in [0.3, 0.4) is 0 Å². The number of hydrogen-bond acceptors (Lipinski definition) is 3. The van der Waals surface area contributed by atoms with Crippen molar-refractivity contribution in [1.82, 2.24) is 14.4 Å². The predicted octanol–water partition coefficient (Wildman–Crippen LogP) is 0.727. The van der Waals surface area contributed by atoms with Gasteiger partial charge in [-0.1, -0.05) is 19.6 Å². The molecule has 0 amide bonds. The molecule has 0 aromatic rings. The first-order valence-electron chi connectivity index (χ1n) is 5.19. The molecule has 86 valence electrons. The van der Waals surface area contributed by atoms with Crippen molar-refractivity contribution in [2.24, 2.45) is 0 Å². The molecule has 0 aromatic heterocycles. The Labute approximate surface area is 91.4 Å². The first-order valence-corrected chi connectivity index (χ1v) is 11.8. The van der Waals surface area contributed by atoms with Crippen LogP contribution in [-0.2, 0) is 0 Å². The van der Waals surface area contributed by atoms with Crippen molar-refractivity contribution in [2.75, 3.05) is 41.4 Å². The van der Waals surface area contributed by atoms with E-state index in [2.05, 4.69) is 69.3 Å². The Hall–Kier alpha value is 0.314. The molecule has 5 heteroatoms. The first-order chi connectivity index (χ1) is 6.20. The third-order valence-corrected chi connectivity index (χ3v) is 19.7. The van der Waals surface area contributed by atoms with Crippen molar-refractivity contribution in [3.8, 4) is 0 Å². The fraction of sp³-hybridized carbons (Fsp3) is 1.00. The first kappa shape index (κ1) is 14.3. The Bertz CT molecular complexity index is 167. The third kappa shape index (κ3) is 2.46. The van der Waals surface area contributed by atoms with E-state index in [0.717, 1.165) is 6.17 Å². The zero-order valence-electron chi connectivity index (χ0n) is 11.1. The molecule has 0 saturated heterocycles. The lowest BCUT2D eigenvalue weighted by Crippen LogP contribution is -2.78. The van der Waals surface area contributed by atoms with Gasteiger partial charge in [-0.15, -0.1) is 0 Å². The maximum Gasteiger partial charge on any atom is 0.204 e. The standard InChI is InChI=1S/C9H27N3Si2/c1-10-9-14(11(2)3,12(4)5)13(6,7)8/h10H,9H2,1-8H3. The van der Waals surface area contributed by atoms with Crippen LogP contribution in [0.5, 0.6) is 0 Å². The molecule has 0 rings (SSSR count). The van der Waals surface area contributed by atoms with Gasteiger partial charge in [0.15, 0.2) is 0 Å². The molecule has 1 N–H and O–H groups in total. The smallest absolute Gasteiger partial charge is 0.204 e. The number of nitrogens with zero attached hydrogens (tertiary/aromatic N) is 2. The highest BCUT2D eigenvalue weighted by atomic mass is 29.3. The van der Waals surface area contributed by atoms with Gasteiger partial charge in [0.2, 0.25) is 7.91 Å². The number of hydrogen-bond donors (Lipinski definition) is 1. The second-order valence-corrected chi connectivity index (χ2v) is 20.6. The van der Waals surface area contributed by atoms with Gasteiger partial charge in [0, 0.05) is 6.17 Å². The minimum Gasteiger partial charge on any atom is -0.320 e. The Morgan fingerprint density at radius 3 is 1.36 bits per heavy atom. The highest BCUT2D eigenvalue weighted by Gasteiger charge is 2.50. The van der Waals surface area contributed by atoms with E-state index in [9.17, 15) is 0 Å². The fourth-order valence-electron chi connectivity index (χ4n) is 2.57. The molecule has 0 radical (unpaired) electrons. The number of rotatable bonds is 5. The molecule has 0 spiro atoms. The zero-order chi connectivity index (χ0) is 11.6. The second-order valence-electron chi connectivity index (χ2n) is 5.39. The molecular formula is C9H27N3Si2. The summed E-state index contributed by atoms with van der Waals surface area (Å²) in [6.45, 7) is 7.45. The van der Waals surface area contributed by atoms with Crippen molar-refractivity contribution >= 4 is 15.5 Å². The van der Waals surface area contributed by atoms with Gasteiger partial charge < -0.3 is 14.4 Å². The van der Waals surface area contributed by atoms with E-state index in [-0.39, 0.29) is 0 Å². The Morgan fingerprint density at radius 2 is 1.29 bits per heavy atom. The minimum atomic E-state index is -1.46. The van der Waals surface area contributed by atoms with Gasteiger partial charge >= 0.3 is 0 Å². The van der Waals surface area contributed by atoms with Gasteiger partial charge in [0.05, 0.1) is 7.59 Å². The summed E-state index contributed by atoms with van der Waals surface area (Å²) in [5, 5.41) is 3.39. The summed E-state index contributed by atoms with van der Waals surface area (Å²) in [4.78, 5) is 0. The van der Waals surface area contributed by atoms with Crippen molar-refractivity contribution < 1.29 is 0 Å². The molecule has 0 aromatic carbocycles. The van der Waals surface area contributed by atoms with E-state index >= 15 is 0 Å². The summed E-state index contributed by atoms with van der Waals surface area (Å²) in [6.07, 6.45) is 1.16. The van der Waals surface area contributed by atoms with Crippen LogP contribution in [0.25, 0.3) is 0 Å². The van der Waals surface area contributed by atoms with Crippen molar-refractivity contribution in [1.29, 1.82) is 0 Å². The Balaban J connectivity index is 5.16. The lowest BCUT2D eigenvalue weighted by Gasteiger charge is -2.50. The molecular weight excluding hydrogens is 206 g/mol. The minimum absolute atomic E-state index is 1.16. The third-order valence-electron chi connectivity index (χ3n) is 3.10. The maximum atomic E-state index is 3.39. The molecule has 0 saturated carbocycles. The predicted molar refractivity (Wildman–Crippen MR) is 70.4 cm³/mol. The van der Waals surface area contributed by atoms with E-state index in [1.54, 1.807) is 0 Å². The summed E-state index contributed by atoms with van der Waals surface area (Å²) in [5.41, 5.74) is 0. The van der Waals surface area contributed by atoms with Crippen LogP contribution in [0.4, 0.5) is 0 Å². The Morgan fingerprint density at radius 1 is 0.929 bits per heavy atom. The monoisotopic (exact) mass is 233 g/mol. The van der Waals surface area contributed by atoms with E-state index in [0.29, 0.717) is 0 Å². The van der Waals surface area contributed by atoms with Gasteiger partial charge in [-0.3, -0.25) is 0 Å². The lowest BCUT2D eigenvalue weighted by molar-refractivity contribution is 0.492. The van der Waals surface area contributed by atoms with Crippen LogP contribution >= 0.6 is 0 Å². The van der Waals surface area contributed by atoms with Crippen LogP contribution in [0.15, 0.2) is 0 Å². The van der Waals surface area contributed by atoms with E-state index in [1.165, 1.54) is 0 Å². The second kappa shape index (κ2) is 4.89. The zero-order valence-corrected chi connectivity index (χ0v) is 13.1. The van der Waals surface area contributed by atoms with Gasteiger partial charge in [-0.2, -0.15) is 0 Å². The lowest BCUT2D eigenvalue weighted by atomic mass is 11.2. The van der Waals surface area contributed by atoms with Crippen LogP contribution < -0.4 is 5.32 Å². The molecule has 0 atom stereocenters. The Kier molecular flexibility index (Phi) is 5.00. The molecule has 3 nitrogen and oxygen atoms in total. The molecule has 0 unspecified atom stereocenters. The van der Waals surface area contributed by atoms with Crippen LogP contribution in [-0.4, -0.2) is 66.0 Å². The average Bonchev–Trinajstić information content (AvgIpc) is 1.95. The van der Waals surface area contributed by atoms with Gasteiger partial charge in [0.25, 0.3) is 0 Å². The summed E-state index contributed by atoms with van der Waals surface area (Å²) < 4.78 is 4.99. The summed E-state index contributed by atoms with van der Waals surface area (Å²) >= 11 is 0. The van der Waals surface area contributed by atoms with Crippen LogP contribution in [0.1, 0.15) is 0 Å². The molecule has 0 aliphatic heterocycles.